The lowest BCUT2D eigenvalue weighted by Crippen LogP contribution is -2.46. The van der Waals surface area contributed by atoms with Crippen molar-refractivity contribution in [1.82, 2.24) is 10.6 Å². The summed E-state index contributed by atoms with van der Waals surface area (Å²) in [7, 11) is 0. The van der Waals surface area contributed by atoms with Gasteiger partial charge in [-0.15, -0.1) is 11.3 Å². The van der Waals surface area contributed by atoms with Crippen LogP contribution in [0.3, 0.4) is 0 Å². The molecule has 0 aliphatic carbocycles. The molecule has 2 heterocycles. The highest BCUT2D eigenvalue weighted by Crippen LogP contribution is 2.31. The molecule has 2 amide bonds. The Morgan fingerprint density at radius 3 is 2.72 bits per heavy atom. The fourth-order valence-electron chi connectivity index (χ4n) is 1.95. The smallest absolute Gasteiger partial charge is 0.335 e. The summed E-state index contributed by atoms with van der Waals surface area (Å²) >= 11 is 1.43. The third-order valence-electron chi connectivity index (χ3n) is 2.74. The first-order valence-corrected chi connectivity index (χ1v) is 6.47. The van der Waals surface area contributed by atoms with Gasteiger partial charge in [-0.25, -0.2) is 9.59 Å². The van der Waals surface area contributed by atoms with Gasteiger partial charge in [0, 0.05) is 10.6 Å². The minimum absolute atomic E-state index is 0.0513. The van der Waals surface area contributed by atoms with Crippen LogP contribution >= 0.6 is 11.3 Å². The van der Waals surface area contributed by atoms with Crippen LogP contribution in [0.15, 0.2) is 28.8 Å². The van der Waals surface area contributed by atoms with Crippen LogP contribution in [0.2, 0.25) is 0 Å². The average Bonchev–Trinajstić information content (AvgIpc) is 2.80. The fourth-order valence-corrected chi connectivity index (χ4v) is 2.73. The molecule has 96 valence electrons. The van der Waals surface area contributed by atoms with Gasteiger partial charge in [0.2, 0.25) is 0 Å². The van der Waals surface area contributed by atoms with Gasteiger partial charge in [0.1, 0.15) is 0 Å². The zero-order valence-corrected chi connectivity index (χ0v) is 10.9. The zero-order chi connectivity index (χ0) is 13.3. The van der Waals surface area contributed by atoms with Crippen molar-refractivity contribution in [2.45, 2.75) is 19.9 Å². The van der Waals surface area contributed by atoms with E-state index < -0.39 is 12.0 Å². The Bertz CT molecular complexity index is 505. The van der Waals surface area contributed by atoms with E-state index in [4.69, 9.17) is 0 Å². The number of nitrogens with one attached hydrogen (secondary N) is 2. The third kappa shape index (κ3) is 2.24. The molecule has 0 saturated heterocycles. The number of carboxylic acid groups (broad SMARTS) is 1. The first-order chi connectivity index (χ1) is 8.50. The van der Waals surface area contributed by atoms with Gasteiger partial charge in [0.05, 0.1) is 11.6 Å². The normalized spacial score (nSPS) is 19.7. The average molecular weight is 266 g/mol. The zero-order valence-electron chi connectivity index (χ0n) is 10.1. The molecule has 1 aromatic heterocycles. The van der Waals surface area contributed by atoms with Gasteiger partial charge in [-0.3, -0.25) is 0 Å². The third-order valence-corrected chi connectivity index (χ3v) is 3.68. The standard InChI is InChI=1S/C12H14N2O3S/c1-6(2)9-8(11(15)16)10(14-12(17)13-9)7-4-3-5-18-7/h3-6,10H,1-2H3,(H,15,16)(H2,13,14,17). The molecule has 0 saturated carbocycles. The van der Waals surface area contributed by atoms with E-state index in [2.05, 4.69) is 10.6 Å². The van der Waals surface area contributed by atoms with Crippen LogP contribution < -0.4 is 10.6 Å². The van der Waals surface area contributed by atoms with E-state index >= 15 is 0 Å². The molecular formula is C12H14N2O3S. The summed E-state index contributed by atoms with van der Waals surface area (Å²) in [6.07, 6.45) is 0. The van der Waals surface area contributed by atoms with E-state index in [0.717, 1.165) is 4.88 Å². The Hall–Kier alpha value is -1.82. The van der Waals surface area contributed by atoms with Crippen molar-refractivity contribution >= 4 is 23.3 Å². The summed E-state index contributed by atoms with van der Waals surface area (Å²) in [5, 5.41) is 16.5. The molecule has 1 aliphatic rings. The van der Waals surface area contributed by atoms with Gasteiger partial charge in [-0.1, -0.05) is 19.9 Å². The van der Waals surface area contributed by atoms with E-state index in [1.54, 1.807) is 0 Å². The number of thiophene rings is 1. The molecule has 2 rings (SSSR count). The Morgan fingerprint density at radius 1 is 1.50 bits per heavy atom. The Morgan fingerprint density at radius 2 is 2.22 bits per heavy atom. The van der Waals surface area contributed by atoms with E-state index in [1.165, 1.54) is 11.3 Å². The molecule has 0 aromatic carbocycles. The second kappa shape index (κ2) is 4.81. The van der Waals surface area contributed by atoms with Gasteiger partial charge in [0.25, 0.3) is 0 Å². The van der Waals surface area contributed by atoms with Crippen molar-refractivity contribution in [3.8, 4) is 0 Å². The highest BCUT2D eigenvalue weighted by molar-refractivity contribution is 7.10. The minimum Gasteiger partial charge on any atom is -0.478 e. The number of carboxylic acids is 1. The number of aliphatic carboxylic acids is 1. The quantitative estimate of drug-likeness (QED) is 0.784. The molecule has 18 heavy (non-hydrogen) atoms. The fraction of sp³-hybridized carbons (Fsp3) is 0.333. The number of carbonyl (C=O) groups excluding carboxylic acids is 1. The lowest BCUT2D eigenvalue weighted by atomic mass is 9.95. The lowest BCUT2D eigenvalue weighted by molar-refractivity contribution is -0.133. The Labute approximate surface area is 109 Å². The van der Waals surface area contributed by atoms with Crippen LogP contribution in [-0.4, -0.2) is 17.1 Å². The topological polar surface area (TPSA) is 78.4 Å². The van der Waals surface area contributed by atoms with Crippen molar-refractivity contribution < 1.29 is 14.7 Å². The molecule has 0 radical (unpaired) electrons. The molecule has 0 bridgehead atoms. The predicted molar refractivity (Wildman–Crippen MR) is 68.2 cm³/mol. The highest BCUT2D eigenvalue weighted by Gasteiger charge is 2.33. The Kier molecular flexibility index (Phi) is 3.38. The van der Waals surface area contributed by atoms with Crippen LogP contribution in [-0.2, 0) is 4.79 Å². The number of allylic oxidation sites excluding steroid dienone is 1. The van der Waals surface area contributed by atoms with E-state index in [0.29, 0.717) is 5.70 Å². The summed E-state index contributed by atoms with van der Waals surface area (Å²) in [5.41, 5.74) is 0.691. The summed E-state index contributed by atoms with van der Waals surface area (Å²) in [5.74, 6) is -1.06. The van der Waals surface area contributed by atoms with Crippen molar-refractivity contribution in [2.24, 2.45) is 5.92 Å². The minimum atomic E-state index is -1.01. The summed E-state index contributed by atoms with van der Waals surface area (Å²) in [6, 6.07) is 2.72. The van der Waals surface area contributed by atoms with Gasteiger partial charge < -0.3 is 15.7 Å². The molecule has 1 atom stereocenters. The molecule has 1 aliphatic heterocycles. The van der Waals surface area contributed by atoms with E-state index in [-0.39, 0.29) is 17.5 Å². The second-order valence-corrected chi connectivity index (χ2v) is 5.31. The highest BCUT2D eigenvalue weighted by atomic mass is 32.1. The molecule has 3 N–H and O–H groups in total. The van der Waals surface area contributed by atoms with Crippen LogP contribution in [0.1, 0.15) is 24.8 Å². The number of hydrogen-bond donors (Lipinski definition) is 3. The molecule has 5 nitrogen and oxygen atoms in total. The maximum Gasteiger partial charge on any atom is 0.335 e. The molecule has 1 unspecified atom stereocenters. The van der Waals surface area contributed by atoms with Crippen molar-refractivity contribution in [3.05, 3.63) is 33.7 Å². The maximum absolute atomic E-state index is 11.6. The van der Waals surface area contributed by atoms with Crippen LogP contribution in [0.5, 0.6) is 0 Å². The number of rotatable bonds is 3. The van der Waals surface area contributed by atoms with Gasteiger partial charge in [-0.05, 0) is 17.4 Å². The molecule has 0 spiro atoms. The molecular weight excluding hydrogens is 252 g/mol. The monoisotopic (exact) mass is 266 g/mol. The van der Waals surface area contributed by atoms with E-state index in [1.807, 2.05) is 31.4 Å². The summed E-state index contributed by atoms with van der Waals surface area (Å²) < 4.78 is 0. The number of urea groups is 1. The predicted octanol–water partition coefficient (Wildman–Crippen LogP) is 2.10. The van der Waals surface area contributed by atoms with Crippen LogP contribution in [0.4, 0.5) is 4.79 Å². The second-order valence-electron chi connectivity index (χ2n) is 4.33. The number of amides is 2. The SMILES string of the molecule is CC(C)C1=C(C(=O)O)C(c2cccs2)NC(=O)N1. The van der Waals surface area contributed by atoms with Gasteiger partial charge >= 0.3 is 12.0 Å². The summed E-state index contributed by atoms with van der Waals surface area (Å²) in [4.78, 5) is 23.9. The van der Waals surface area contributed by atoms with Gasteiger partial charge in [0.15, 0.2) is 0 Å². The molecule has 6 heteroatoms. The Balaban J connectivity index is 2.53. The van der Waals surface area contributed by atoms with Gasteiger partial charge in [-0.2, -0.15) is 0 Å². The first kappa shape index (κ1) is 12.6. The first-order valence-electron chi connectivity index (χ1n) is 5.59. The lowest BCUT2D eigenvalue weighted by Gasteiger charge is -2.29. The number of carbonyl (C=O) groups is 2. The van der Waals surface area contributed by atoms with Crippen molar-refractivity contribution in [3.63, 3.8) is 0 Å². The van der Waals surface area contributed by atoms with Crippen LogP contribution in [0, 0.1) is 5.92 Å². The molecule has 1 aromatic rings. The van der Waals surface area contributed by atoms with E-state index in [9.17, 15) is 14.7 Å². The van der Waals surface area contributed by atoms with Crippen molar-refractivity contribution in [2.75, 3.05) is 0 Å². The largest absolute Gasteiger partial charge is 0.478 e. The van der Waals surface area contributed by atoms with Crippen molar-refractivity contribution in [1.29, 1.82) is 0 Å². The van der Waals surface area contributed by atoms with Crippen LogP contribution in [0.25, 0.3) is 0 Å². The number of hydrogen-bond acceptors (Lipinski definition) is 3. The summed E-state index contributed by atoms with van der Waals surface area (Å²) in [6.45, 7) is 3.71. The molecule has 0 fully saturated rings. The maximum atomic E-state index is 11.6.